The number of phenols is 1. The van der Waals surface area contributed by atoms with E-state index in [1.54, 1.807) is 18.2 Å². The predicted molar refractivity (Wildman–Crippen MR) is 126 cm³/mol. The highest BCUT2D eigenvalue weighted by molar-refractivity contribution is 5.77. The van der Waals surface area contributed by atoms with Crippen LogP contribution in [0.25, 0.3) is 22.8 Å². The Morgan fingerprint density at radius 2 is 1.83 bits per heavy atom. The molecule has 1 aliphatic heterocycles. The zero-order valence-electron chi connectivity index (χ0n) is 18.1. The lowest BCUT2D eigenvalue weighted by Crippen LogP contribution is -2.14. The molecule has 9 nitrogen and oxygen atoms in total. The summed E-state index contributed by atoms with van der Waals surface area (Å²) in [5, 5.41) is 19.6. The van der Waals surface area contributed by atoms with E-state index in [0.29, 0.717) is 35.4 Å². The molecule has 0 atom stereocenters. The molecule has 0 radical (unpaired) electrons. The molecule has 0 amide bonds. The first-order valence-corrected chi connectivity index (χ1v) is 10.7. The smallest absolute Gasteiger partial charge is 0.258 e. The van der Waals surface area contributed by atoms with Crippen molar-refractivity contribution in [3.05, 3.63) is 84.3 Å². The maximum atomic E-state index is 14.3. The Kier molecular flexibility index (Phi) is 4.95. The number of anilines is 4. The summed E-state index contributed by atoms with van der Waals surface area (Å²) < 4.78 is 25.5. The quantitative estimate of drug-likeness (QED) is 0.300. The molecule has 10 heteroatoms. The third-order valence-corrected chi connectivity index (χ3v) is 5.41. The second kappa shape index (κ2) is 8.41. The molecule has 6 rings (SSSR count). The Hall–Kier alpha value is -4.99. The van der Waals surface area contributed by atoms with Gasteiger partial charge in [-0.1, -0.05) is 41.6 Å². The fourth-order valence-electron chi connectivity index (χ4n) is 3.69. The van der Waals surface area contributed by atoms with Crippen LogP contribution in [-0.4, -0.2) is 25.2 Å². The van der Waals surface area contributed by atoms with Crippen LogP contribution in [-0.2, 0) is 6.61 Å². The van der Waals surface area contributed by atoms with Crippen LogP contribution in [0.4, 0.5) is 27.5 Å². The van der Waals surface area contributed by atoms with Crippen LogP contribution in [0.2, 0.25) is 0 Å². The molecule has 2 aromatic heterocycles. The van der Waals surface area contributed by atoms with Crippen molar-refractivity contribution in [3.8, 4) is 34.3 Å². The maximum Gasteiger partial charge on any atom is 0.258 e. The zero-order valence-corrected chi connectivity index (χ0v) is 18.1. The average Bonchev–Trinajstić information content (AvgIpc) is 3.33. The lowest BCUT2D eigenvalue weighted by Gasteiger charge is -2.25. The van der Waals surface area contributed by atoms with Gasteiger partial charge in [0.15, 0.2) is 17.4 Å². The normalized spacial score (nSPS) is 11.8. The highest BCUT2D eigenvalue weighted by Gasteiger charge is 2.27. The van der Waals surface area contributed by atoms with Gasteiger partial charge >= 0.3 is 0 Å². The van der Waals surface area contributed by atoms with E-state index in [-0.39, 0.29) is 17.5 Å². The minimum absolute atomic E-state index is 0.0382. The van der Waals surface area contributed by atoms with E-state index in [1.165, 1.54) is 12.1 Å². The molecule has 0 spiro atoms. The summed E-state index contributed by atoms with van der Waals surface area (Å²) in [7, 11) is 0. The Bertz CT molecular complexity index is 1540. The number of benzene rings is 3. The number of nitrogens with zero attached hydrogens (tertiary/aromatic N) is 4. The molecule has 3 N–H and O–H groups in total. The van der Waals surface area contributed by atoms with Gasteiger partial charge in [0, 0.05) is 22.9 Å². The summed E-state index contributed by atoms with van der Waals surface area (Å²) >= 11 is 0. The van der Waals surface area contributed by atoms with Crippen molar-refractivity contribution in [1.29, 1.82) is 0 Å². The molecule has 5 aromatic rings. The van der Waals surface area contributed by atoms with E-state index in [2.05, 4.69) is 30.7 Å². The Labute approximate surface area is 198 Å². The van der Waals surface area contributed by atoms with E-state index in [1.807, 2.05) is 36.4 Å². The minimum atomic E-state index is -0.635. The largest absolute Gasteiger partial charge is 0.508 e. The van der Waals surface area contributed by atoms with Crippen molar-refractivity contribution in [3.63, 3.8) is 0 Å². The van der Waals surface area contributed by atoms with Crippen molar-refractivity contribution in [2.24, 2.45) is 0 Å². The molecule has 3 heterocycles. The number of aromatic hydroxyl groups is 1. The van der Waals surface area contributed by atoms with Gasteiger partial charge in [0.25, 0.3) is 5.89 Å². The first kappa shape index (κ1) is 20.6. The number of nitrogens with one attached hydrogen (secondary N) is 2. The monoisotopic (exact) mass is 468 g/mol. The Balaban J connectivity index is 1.26. The van der Waals surface area contributed by atoms with E-state index in [4.69, 9.17) is 9.26 Å². The molecule has 1 aliphatic rings. The molecule has 35 heavy (non-hydrogen) atoms. The second-order valence-corrected chi connectivity index (χ2v) is 7.74. The number of aromatic nitrogens is 4. The van der Waals surface area contributed by atoms with Crippen LogP contribution >= 0.6 is 0 Å². The molecule has 0 aliphatic carbocycles. The number of hydrogen-bond donors (Lipinski definition) is 3. The van der Waals surface area contributed by atoms with Gasteiger partial charge in [-0.25, -0.2) is 9.37 Å². The van der Waals surface area contributed by atoms with E-state index < -0.39 is 5.82 Å². The molecule has 0 saturated heterocycles. The number of halogens is 1. The van der Waals surface area contributed by atoms with Crippen LogP contribution in [0.3, 0.4) is 0 Å². The van der Waals surface area contributed by atoms with Crippen molar-refractivity contribution in [2.75, 3.05) is 10.6 Å². The molecule has 3 aromatic carbocycles. The van der Waals surface area contributed by atoms with Gasteiger partial charge in [0.05, 0.1) is 17.4 Å². The summed E-state index contributed by atoms with van der Waals surface area (Å²) in [6, 6.07) is 19.5. The zero-order chi connectivity index (χ0) is 23.8. The molecule has 0 fully saturated rings. The van der Waals surface area contributed by atoms with Crippen molar-refractivity contribution in [2.45, 2.75) is 6.61 Å². The second-order valence-electron chi connectivity index (χ2n) is 7.74. The summed E-state index contributed by atoms with van der Waals surface area (Å²) in [5.41, 5.74) is 3.64. The molecule has 0 bridgehead atoms. The van der Waals surface area contributed by atoms with Crippen molar-refractivity contribution < 1.29 is 18.8 Å². The summed E-state index contributed by atoms with van der Waals surface area (Å²) in [4.78, 5) is 12.8. The Morgan fingerprint density at radius 3 is 2.63 bits per heavy atom. The molecular weight excluding hydrogens is 451 g/mol. The highest BCUT2D eigenvalue weighted by Crippen LogP contribution is 2.44. The van der Waals surface area contributed by atoms with Crippen LogP contribution in [0, 0.1) is 5.82 Å². The van der Waals surface area contributed by atoms with E-state index in [9.17, 15) is 9.50 Å². The molecule has 172 valence electrons. The number of ether oxygens (including phenoxy) is 1. The lowest BCUT2D eigenvalue weighted by molar-refractivity contribution is 0.245. The molecule has 0 saturated carbocycles. The number of hydrogen-bond acceptors (Lipinski definition) is 9. The van der Waals surface area contributed by atoms with Crippen LogP contribution in [0.1, 0.15) is 5.56 Å². The van der Waals surface area contributed by atoms with Gasteiger partial charge in [-0.2, -0.15) is 9.97 Å². The topological polar surface area (TPSA) is 118 Å². The van der Waals surface area contributed by atoms with Crippen LogP contribution in [0.15, 0.2) is 77.4 Å². The fourth-order valence-corrected chi connectivity index (χ4v) is 3.69. The molecule has 0 unspecified atom stereocenters. The fraction of sp³-hybridized carbons (Fsp3) is 0.0400. The number of fused-ring (bicyclic) bond motifs is 1. The van der Waals surface area contributed by atoms with Gasteiger partial charge < -0.3 is 25.0 Å². The maximum absolute atomic E-state index is 14.3. The number of rotatable bonds is 6. The summed E-state index contributed by atoms with van der Waals surface area (Å²) in [5.74, 6) is 1.05. The average molecular weight is 468 g/mol. The van der Waals surface area contributed by atoms with Crippen LogP contribution < -0.4 is 15.4 Å². The van der Waals surface area contributed by atoms with Gasteiger partial charge in [0.1, 0.15) is 12.4 Å². The predicted octanol–water partition coefficient (Wildman–Crippen LogP) is 5.42. The van der Waals surface area contributed by atoms with E-state index >= 15 is 0 Å². The molecular formula is C25H17FN6O3. The van der Waals surface area contributed by atoms with Crippen molar-refractivity contribution in [1.82, 2.24) is 20.1 Å². The summed E-state index contributed by atoms with van der Waals surface area (Å²) in [6.07, 6.45) is 1.06. The van der Waals surface area contributed by atoms with Gasteiger partial charge in [-0.05, 0) is 24.3 Å². The standard InChI is InChI=1S/C25H17FN6O3/c26-19-12-27-25(31-23(19)28-15-7-4-8-16(33)11-15)29-20-10-9-17(18-13-34-21(18)20)24-30-22(32-35-24)14-5-2-1-3-6-14/h1-12,33H,13H2,(H2,27,28,29,31). The summed E-state index contributed by atoms with van der Waals surface area (Å²) in [6.45, 7) is 0.387. The van der Waals surface area contributed by atoms with Gasteiger partial charge in [-0.15, -0.1) is 0 Å². The lowest BCUT2D eigenvalue weighted by atomic mass is 10.0. The highest BCUT2D eigenvalue weighted by atomic mass is 19.1. The first-order valence-electron chi connectivity index (χ1n) is 10.7. The van der Waals surface area contributed by atoms with Gasteiger partial charge in [0.2, 0.25) is 11.8 Å². The van der Waals surface area contributed by atoms with Gasteiger partial charge in [-0.3, -0.25) is 0 Å². The SMILES string of the molecule is Oc1cccc(Nc2nc(Nc3ccc(-c4nc(-c5ccccc5)no4)c4c3OC4)ncc2F)c1. The van der Waals surface area contributed by atoms with Crippen LogP contribution in [0.5, 0.6) is 11.5 Å². The number of phenolic OH excluding ortho intramolecular Hbond substituents is 1. The minimum Gasteiger partial charge on any atom is -0.508 e. The van der Waals surface area contributed by atoms with Crippen molar-refractivity contribution >= 4 is 23.1 Å². The Morgan fingerprint density at radius 1 is 0.943 bits per heavy atom. The third-order valence-electron chi connectivity index (χ3n) is 5.41. The van der Waals surface area contributed by atoms with E-state index in [0.717, 1.165) is 22.9 Å². The third kappa shape index (κ3) is 3.97. The first-order chi connectivity index (χ1) is 17.1.